The average molecular weight is 325 g/mol. The smallest absolute Gasteiger partial charge is 0.191 e. The first-order chi connectivity index (χ1) is 11.6. The van der Waals surface area contributed by atoms with E-state index in [1.54, 1.807) is 14.2 Å². The van der Waals surface area contributed by atoms with Gasteiger partial charge in [0.25, 0.3) is 0 Å². The van der Waals surface area contributed by atoms with E-state index >= 15 is 0 Å². The van der Waals surface area contributed by atoms with E-state index in [0.29, 0.717) is 12.5 Å². The summed E-state index contributed by atoms with van der Waals surface area (Å²) in [6.45, 7) is 5.79. The number of nitrogens with zero attached hydrogens (tertiary/aromatic N) is 1. The van der Waals surface area contributed by atoms with Crippen LogP contribution in [0.2, 0.25) is 0 Å². The third-order valence-corrected chi connectivity index (χ3v) is 4.10. The van der Waals surface area contributed by atoms with Gasteiger partial charge < -0.3 is 15.4 Å². The molecule has 2 rings (SSSR count). The molecule has 0 aromatic heterocycles. The van der Waals surface area contributed by atoms with Gasteiger partial charge in [0.05, 0.1) is 7.11 Å². The number of rotatable bonds is 6. The first-order valence-corrected chi connectivity index (χ1v) is 8.27. The van der Waals surface area contributed by atoms with Gasteiger partial charge in [-0.05, 0) is 35.6 Å². The second-order valence-corrected chi connectivity index (χ2v) is 5.92. The molecule has 24 heavy (non-hydrogen) atoms. The molecule has 128 valence electrons. The molecule has 0 radical (unpaired) electrons. The Morgan fingerprint density at radius 2 is 1.88 bits per heavy atom. The summed E-state index contributed by atoms with van der Waals surface area (Å²) in [6.07, 6.45) is 0. The van der Waals surface area contributed by atoms with Crippen LogP contribution in [0.5, 0.6) is 5.75 Å². The molecular weight excluding hydrogens is 298 g/mol. The zero-order chi connectivity index (χ0) is 17.4. The highest BCUT2D eigenvalue weighted by Gasteiger charge is 2.06. The minimum Gasteiger partial charge on any atom is -0.496 e. The molecule has 4 heteroatoms. The van der Waals surface area contributed by atoms with Crippen LogP contribution in [0, 0.1) is 6.92 Å². The fourth-order valence-corrected chi connectivity index (χ4v) is 2.53. The first kappa shape index (κ1) is 17.9. The van der Waals surface area contributed by atoms with Gasteiger partial charge in [0.1, 0.15) is 5.75 Å². The van der Waals surface area contributed by atoms with E-state index in [9.17, 15) is 0 Å². The minimum absolute atomic E-state index is 0.421. The SMILES string of the molecule is CN=C(NCc1ccc(C)c(OC)c1)NCC(C)c1ccccc1. The van der Waals surface area contributed by atoms with Crippen LogP contribution in [0.4, 0.5) is 0 Å². The van der Waals surface area contributed by atoms with Gasteiger partial charge in [-0.3, -0.25) is 4.99 Å². The van der Waals surface area contributed by atoms with E-state index in [2.05, 4.69) is 65.0 Å². The fraction of sp³-hybridized carbons (Fsp3) is 0.350. The second kappa shape index (κ2) is 8.96. The van der Waals surface area contributed by atoms with Crippen LogP contribution in [0.25, 0.3) is 0 Å². The van der Waals surface area contributed by atoms with Crippen molar-refractivity contribution in [1.29, 1.82) is 0 Å². The molecule has 0 amide bonds. The third kappa shape index (κ3) is 5.01. The monoisotopic (exact) mass is 325 g/mol. The van der Waals surface area contributed by atoms with Crippen LogP contribution in [0.3, 0.4) is 0 Å². The van der Waals surface area contributed by atoms with E-state index in [4.69, 9.17) is 4.74 Å². The van der Waals surface area contributed by atoms with Crippen molar-refractivity contribution in [2.45, 2.75) is 26.3 Å². The Bertz CT molecular complexity index is 668. The molecule has 1 unspecified atom stereocenters. The number of methoxy groups -OCH3 is 1. The maximum atomic E-state index is 5.37. The van der Waals surface area contributed by atoms with Gasteiger partial charge in [-0.15, -0.1) is 0 Å². The molecule has 0 heterocycles. The summed E-state index contributed by atoms with van der Waals surface area (Å²) >= 11 is 0. The summed E-state index contributed by atoms with van der Waals surface area (Å²) in [5, 5.41) is 6.73. The summed E-state index contributed by atoms with van der Waals surface area (Å²) < 4.78 is 5.37. The molecule has 4 nitrogen and oxygen atoms in total. The van der Waals surface area contributed by atoms with E-state index < -0.39 is 0 Å². The van der Waals surface area contributed by atoms with Crippen molar-refractivity contribution >= 4 is 5.96 Å². The highest BCUT2D eigenvalue weighted by Crippen LogP contribution is 2.18. The molecule has 2 aromatic carbocycles. The molecule has 0 saturated heterocycles. The van der Waals surface area contributed by atoms with Crippen molar-refractivity contribution < 1.29 is 4.74 Å². The van der Waals surface area contributed by atoms with Gasteiger partial charge in [-0.2, -0.15) is 0 Å². The molecular formula is C20H27N3O. The number of aliphatic imine (C=N–C) groups is 1. The molecule has 1 atom stereocenters. The predicted molar refractivity (Wildman–Crippen MR) is 101 cm³/mol. The summed E-state index contributed by atoms with van der Waals surface area (Å²) in [5.41, 5.74) is 3.63. The van der Waals surface area contributed by atoms with E-state index in [0.717, 1.165) is 29.4 Å². The van der Waals surface area contributed by atoms with Crippen LogP contribution >= 0.6 is 0 Å². The third-order valence-electron chi connectivity index (χ3n) is 4.10. The number of nitrogens with one attached hydrogen (secondary N) is 2. The van der Waals surface area contributed by atoms with Crippen LogP contribution in [-0.4, -0.2) is 26.7 Å². The number of ether oxygens (including phenoxy) is 1. The van der Waals surface area contributed by atoms with E-state index in [-0.39, 0.29) is 0 Å². The average Bonchev–Trinajstić information content (AvgIpc) is 2.63. The van der Waals surface area contributed by atoms with Crippen molar-refractivity contribution in [3.05, 3.63) is 65.2 Å². The molecule has 0 saturated carbocycles. The molecule has 0 bridgehead atoms. The van der Waals surface area contributed by atoms with Crippen LogP contribution in [0.1, 0.15) is 29.5 Å². The lowest BCUT2D eigenvalue weighted by Gasteiger charge is -2.17. The molecule has 0 aliphatic carbocycles. The van der Waals surface area contributed by atoms with Gasteiger partial charge in [-0.1, -0.05) is 49.4 Å². The van der Waals surface area contributed by atoms with Gasteiger partial charge in [0.15, 0.2) is 5.96 Å². The summed E-state index contributed by atoms with van der Waals surface area (Å²) in [6, 6.07) is 16.7. The lowest BCUT2D eigenvalue weighted by atomic mass is 10.0. The van der Waals surface area contributed by atoms with Crippen molar-refractivity contribution in [3.63, 3.8) is 0 Å². The minimum atomic E-state index is 0.421. The normalized spacial score (nSPS) is 12.6. The fourth-order valence-electron chi connectivity index (χ4n) is 2.53. The lowest BCUT2D eigenvalue weighted by molar-refractivity contribution is 0.411. The van der Waals surface area contributed by atoms with Crippen molar-refractivity contribution in [2.75, 3.05) is 20.7 Å². The van der Waals surface area contributed by atoms with E-state index in [1.807, 2.05) is 13.0 Å². The maximum Gasteiger partial charge on any atom is 0.191 e. The highest BCUT2D eigenvalue weighted by molar-refractivity contribution is 5.79. The van der Waals surface area contributed by atoms with Crippen LogP contribution in [-0.2, 0) is 6.54 Å². The Morgan fingerprint density at radius 3 is 2.54 bits per heavy atom. The number of benzene rings is 2. The Labute approximate surface area is 145 Å². The standard InChI is InChI=1S/C20H27N3O/c1-15-10-11-17(12-19(15)24-4)14-23-20(21-3)22-13-16(2)18-8-6-5-7-9-18/h5-12,16H,13-14H2,1-4H3,(H2,21,22,23). The van der Waals surface area contributed by atoms with Crippen LogP contribution in [0.15, 0.2) is 53.5 Å². The molecule has 0 aliphatic heterocycles. The Hall–Kier alpha value is -2.49. The zero-order valence-electron chi connectivity index (χ0n) is 15.0. The molecule has 2 aromatic rings. The zero-order valence-corrected chi connectivity index (χ0v) is 15.0. The molecule has 0 spiro atoms. The Balaban J connectivity index is 1.86. The lowest BCUT2D eigenvalue weighted by Crippen LogP contribution is -2.38. The summed E-state index contributed by atoms with van der Waals surface area (Å²) in [4.78, 5) is 4.29. The number of hydrogen-bond acceptors (Lipinski definition) is 2. The van der Waals surface area contributed by atoms with Crippen molar-refractivity contribution in [1.82, 2.24) is 10.6 Å². The molecule has 2 N–H and O–H groups in total. The second-order valence-electron chi connectivity index (χ2n) is 5.92. The number of hydrogen-bond donors (Lipinski definition) is 2. The van der Waals surface area contributed by atoms with Crippen molar-refractivity contribution in [2.24, 2.45) is 4.99 Å². The Kier molecular flexibility index (Phi) is 6.67. The summed E-state index contributed by atoms with van der Waals surface area (Å²) in [5.74, 6) is 2.14. The highest BCUT2D eigenvalue weighted by atomic mass is 16.5. The topological polar surface area (TPSA) is 45.7 Å². The van der Waals surface area contributed by atoms with Gasteiger partial charge in [0.2, 0.25) is 0 Å². The predicted octanol–water partition coefficient (Wildman–Crippen LogP) is 3.47. The Morgan fingerprint density at radius 1 is 1.12 bits per heavy atom. The van der Waals surface area contributed by atoms with Crippen molar-refractivity contribution in [3.8, 4) is 5.75 Å². The molecule has 0 aliphatic rings. The molecule has 0 fully saturated rings. The first-order valence-electron chi connectivity index (χ1n) is 8.27. The van der Waals surface area contributed by atoms with E-state index in [1.165, 1.54) is 5.56 Å². The largest absolute Gasteiger partial charge is 0.496 e. The quantitative estimate of drug-likeness (QED) is 0.631. The number of guanidine groups is 1. The van der Waals surface area contributed by atoms with Crippen LogP contribution < -0.4 is 15.4 Å². The summed E-state index contributed by atoms with van der Waals surface area (Å²) in [7, 11) is 3.49. The van der Waals surface area contributed by atoms with Gasteiger partial charge in [-0.25, -0.2) is 0 Å². The maximum absolute atomic E-state index is 5.37. The number of aryl methyl sites for hydroxylation is 1. The van der Waals surface area contributed by atoms with Gasteiger partial charge >= 0.3 is 0 Å². The van der Waals surface area contributed by atoms with Gasteiger partial charge in [0, 0.05) is 20.1 Å².